The van der Waals surface area contributed by atoms with Crippen LogP contribution in [0.4, 0.5) is 16.2 Å². The van der Waals surface area contributed by atoms with Crippen LogP contribution in [0, 0.1) is 0 Å². The topological polar surface area (TPSA) is 79.5 Å². The van der Waals surface area contributed by atoms with Crippen molar-refractivity contribution < 1.29 is 14.3 Å². The van der Waals surface area contributed by atoms with E-state index in [-0.39, 0.29) is 18.4 Å². The van der Waals surface area contributed by atoms with Crippen LogP contribution in [0.5, 0.6) is 5.75 Å². The molecule has 1 aliphatic heterocycles. The fourth-order valence-electron chi connectivity index (χ4n) is 2.70. The van der Waals surface area contributed by atoms with E-state index in [4.69, 9.17) is 4.74 Å². The van der Waals surface area contributed by atoms with Gasteiger partial charge in [-0.2, -0.15) is 0 Å². The van der Waals surface area contributed by atoms with Gasteiger partial charge >= 0.3 is 6.03 Å². The van der Waals surface area contributed by atoms with Crippen molar-refractivity contribution >= 4 is 23.3 Å². The Balaban J connectivity index is 1.67. The zero-order valence-electron chi connectivity index (χ0n) is 14.2. The number of hydrogen-bond donors (Lipinski definition) is 3. The van der Waals surface area contributed by atoms with Crippen molar-refractivity contribution in [1.82, 2.24) is 5.32 Å². The average Bonchev–Trinajstić information content (AvgIpc) is 2.74. The number of para-hydroxylation sites is 3. The number of ether oxygens (including phenoxy) is 1. The molecule has 1 aliphatic rings. The number of hydrogen-bond acceptors (Lipinski definition) is 3. The van der Waals surface area contributed by atoms with Gasteiger partial charge in [0.25, 0.3) is 5.91 Å². The monoisotopic (exact) mass is 339 g/mol. The summed E-state index contributed by atoms with van der Waals surface area (Å²) in [5, 5.41) is 8.25. The third-order valence-corrected chi connectivity index (χ3v) is 4.00. The van der Waals surface area contributed by atoms with Crippen molar-refractivity contribution in [3.8, 4) is 5.75 Å². The maximum Gasteiger partial charge on any atom is 0.320 e. The van der Waals surface area contributed by atoms with Gasteiger partial charge in [0, 0.05) is 5.69 Å². The fourth-order valence-corrected chi connectivity index (χ4v) is 2.70. The molecule has 0 fully saturated rings. The number of carbonyl (C=O) groups is 2. The van der Waals surface area contributed by atoms with E-state index in [0.717, 1.165) is 11.3 Å². The Hall–Kier alpha value is -3.02. The lowest BCUT2D eigenvalue weighted by Gasteiger charge is -2.17. The van der Waals surface area contributed by atoms with E-state index in [1.54, 1.807) is 12.1 Å². The maximum atomic E-state index is 12.3. The molecule has 6 nitrogen and oxygen atoms in total. The van der Waals surface area contributed by atoms with Crippen LogP contribution in [0.1, 0.15) is 25.3 Å². The number of rotatable bonds is 3. The van der Waals surface area contributed by atoms with Gasteiger partial charge in [-0.3, -0.25) is 4.79 Å². The minimum absolute atomic E-state index is 0.0715. The highest BCUT2D eigenvalue weighted by Crippen LogP contribution is 2.26. The first-order valence-electron chi connectivity index (χ1n) is 8.23. The predicted octanol–water partition coefficient (Wildman–Crippen LogP) is 3.33. The molecule has 6 heteroatoms. The van der Waals surface area contributed by atoms with Crippen LogP contribution in [0.15, 0.2) is 48.5 Å². The van der Waals surface area contributed by atoms with Crippen LogP contribution >= 0.6 is 0 Å². The summed E-state index contributed by atoms with van der Waals surface area (Å²) in [6.45, 7) is 4.19. The lowest BCUT2D eigenvalue weighted by Crippen LogP contribution is -2.48. The number of carbonyl (C=O) groups excluding carboxylic acids is 2. The van der Waals surface area contributed by atoms with Crippen LogP contribution in [0.25, 0.3) is 0 Å². The molecule has 2 aromatic rings. The fraction of sp³-hybridized carbons (Fsp3) is 0.263. The zero-order chi connectivity index (χ0) is 17.8. The Kier molecular flexibility index (Phi) is 4.88. The lowest BCUT2D eigenvalue weighted by atomic mass is 10.0. The molecule has 0 aromatic heterocycles. The number of benzene rings is 2. The van der Waals surface area contributed by atoms with E-state index in [2.05, 4.69) is 29.8 Å². The van der Waals surface area contributed by atoms with Gasteiger partial charge in [0.1, 0.15) is 18.4 Å². The van der Waals surface area contributed by atoms with E-state index in [1.165, 1.54) is 0 Å². The third kappa shape index (κ3) is 3.91. The molecule has 130 valence electrons. The molecule has 0 saturated carbocycles. The first kappa shape index (κ1) is 16.8. The molecular weight excluding hydrogens is 318 g/mol. The minimum atomic E-state index is -0.779. The maximum absolute atomic E-state index is 12.3. The van der Waals surface area contributed by atoms with Gasteiger partial charge in [0.05, 0.1) is 5.69 Å². The van der Waals surface area contributed by atoms with Gasteiger partial charge in [0.2, 0.25) is 0 Å². The van der Waals surface area contributed by atoms with Crippen molar-refractivity contribution in [2.45, 2.75) is 25.8 Å². The molecule has 0 saturated heterocycles. The summed E-state index contributed by atoms with van der Waals surface area (Å²) in [7, 11) is 0. The normalized spacial score (nSPS) is 16.3. The van der Waals surface area contributed by atoms with Crippen molar-refractivity contribution in [1.29, 1.82) is 0 Å². The Bertz CT molecular complexity index is 789. The van der Waals surface area contributed by atoms with Gasteiger partial charge in [-0.25, -0.2) is 4.79 Å². The number of anilines is 2. The van der Waals surface area contributed by atoms with E-state index >= 15 is 0 Å². The van der Waals surface area contributed by atoms with Gasteiger partial charge in [-0.05, 0) is 29.7 Å². The molecule has 3 rings (SSSR count). The largest absolute Gasteiger partial charge is 0.489 e. The molecule has 2 aromatic carbocycles. The van der Waals surface area contributed by atoms with Crippen LogP contribution in [-0.2, 0) is 4.79 Å². The Morgan fingerprint density at radius 3 is 2.68 bits per heavy atom. The van der Waals surface area contributed by atoms with Crippen molar-refractivity contribution in [3.63, 3.8) is 0 Å². The molecule has 3 N–H and O–H groups in total. The average molecular weight is 339 g/mol. The molecule has 0 unspecified atom stereocenters. The number of urea groups is 1. The lowest BCUT2D eigenvalue weighted by molar-refractivity contribution is -0.118. The molecule has 25 heavy (non-hydrogen) atoms. The predicted molar refractivity (Wildman–Crippen MR) is 97.0 cm³/mol. The molecule has 1 heterocycles. The summed E-state index contributed by atoms with van der Waals surface area (Å²) >= 11 is 0. The smallest absolute Gasteiger partial charge is 0.320 e. The van der Waals surface area contributed by atoms with E-state index < -0.39 is 12.1 Å². The molecule has 0 aliphatic carbocycles. The molecule has 0 spiro atoms. The summed E-state index contributed by atoms with van der Waals surface area (Å²) < 4.78 is 5.62. The summed E-state index contributed by atoms with van der Waals surface area (Å²) in [5.41, 5.74) is 2.36. The zero-order valence-corrected chi connectivity index (χ0v) is 14.2. The quantitative estimate of drug-likeness (QED) is 0.802. The highest BCUT2D eigenvalue weighted by atomic mass is 16.5. The first-order valence-corrected chi connectivity index (χ1v) is 8.23. The van der Waals surface area contributed by atoms with Crippen LogP contribution in [0.2, 0.25) is 0 Å². The minimum Gasteiger partial charge on any atom is -0.489 e. The third-order valence-electron chi connectivity index (χ3n) is 4.00. The summed E-state index contributed by atoms with van der Waals surface area (Å²) in [6, 6.07) is 13.6. The second-order valence-corrected chi connectivity index (χ2v) is 6.19. The van der Waals surface area contributed by atoms with Crippen molar-refractivity contribution in [2.24, 2.45) is 0 Å². The summed E-state index contributed by atoms with van der Waals surface area (Å²) in [6.07, 6.45) is 0. The number of nitrogens with one attached hydrogen (secondary N) is 3. The van der Waals surface area contributed by atoms with E-state index in [9.17, 15) is 9.59 Å². The van der Waals surface area contributed by atoms with E-state index in [0.29, 0.717) is 11.4 Å². The second kappa shape index (κ2) is 7.25. The molecular formula is C19H21N3O3. The van der Waals surface area contributed by atoms with Crippen LogP contribution < -0.4 is 20.7 Å². The van der Waals surface area contributed by atoms with Crippen molar-refractivity contribution in [2.75, 3.05) is 17.2 Å². The molecule has 1 atom stereocenters. The van der Waals surface area contributed by atoms with Gasteiger partial charge < -0.3 is 20.7 Å². The van der Waals surface area contributed by atoms with Crippen LogP contribution in [-0.4, -0.2) is 24.6 Å². The Morgan fingerprint density at radius 2 is 1.88 bits per heavy atom. The molecule has 0 radical (unpaired) electrons. The van der Waals surface area contributed by atoms with Crippen molar-refractivity contribution in [3.05, 3.63) is 54.1 Å². The first-order chi connectivity index (χ1) is 12.0. The Labute approximate surface area is 146 Å². The molecule has 0 bridgehead atoms. The molecule has 3 amide bonds. The highest BCUT2D eigenvalue weighted by Gasteiger charge is 2.26. The van der Waals surface area contributed by atoms with Gasteiger partial charge in [-0.1, -0.05) is 44.2 Å². The number of fused-ring (bicyclic) bond motifs is 1. The second-order valence-electron chi connectivity index (χ2n) is 6.19. The van der Waals surface area contributed by atoms with Gasteiger partial charge in [0.15, 0.2) is 0 Å². The summed E-state index contributed by atoms with van der Waals surface area (Å²) in [5.74, 6) is 0.554. The SMILES string of the molecule is CC(C)c1ccccc1NC(=O)N[C@@H]1COc2ccccc2NC1=O. The van der Waals surface area contributed by atoms with E-state index in [1.807, 2.05) is 36.4 Å². The Morgan fingerprint density at radius 1 is 1.16 bits per heavy atom. The highest BCUT2D eigenvalue weighted by molar-refractivity contribution is 6.00. The van der Waals surface area contributed by atoms with Gasteiger partial charge in [-0.15, -0.1) is 0 Å². The van der Waals surface area contributed by atoms with Crippen LogP contribution in [0.3, 0.4) is 0 Å². The summed E-state index contributed by atoms with van der Waals surface area (Å²) in [4.78, 5) is 24.6. The standard InChI is InChI=1S/C19H21N3O3/c1-12(2)13-7-3-4-8-14(13)21-19(24)22-16-11-25-17-10-6-5-9-15(17)20-18(16)23/h3-10,12,16H,11H2,1-2H3,(H,20,23)(H2,21,22,24)/t16-/m1/s1. The number of amides is 3.